The molecule has 5 heteroatoms. The monoisotopic (exact) mass is 316 g/mol. The van der Waals surface area contributed by atoms with Crippen LogP contribution in [0.5, 0.6) is 0 Å². The van der Waals surface area contributed by atoms with Gasteiger partial charge in [-0.05, 0) is 40.8 Å². The summed E-state index contributed by atoms with van der Waals surface area (Å²) in [4.78, 5) is 24.4. The van der Waals surface area contributed by atoms with Crippen LogP contribution in [0.2, 0.25) is 0 Å². The highest BCUT2D eigenvalue weighted by molar-refractivity contribution is 14.1. The number of urea groups is 1. The van der Waals surface area contributed by atoms with Gasteiger partial charge in [0.1, 0.15) is 0 Å². The predicted octanol–water partition coefficient (Wildman–Crippen LogP) is 1.46. The van der Waals surface area contributed by atoms with Crippen LogP contribution in [0.1, 0.15) is 10.4 Å². The van der Waals surface area contributed by atoms with E-state index >= 15 is 0 Å². The van der Waals surface area contributed by atoms with Crippen LogP contribution in [-0.4, -0.2) is 29.9 Å². The predicted molar refractivity (Wildman–Crippen MR) is 63.6 cm³/mol. The molecule has 0 aliphatic carbocycles. The normalized spacial score (nSPS) is 15.3. The minimum Gasteiger partial charge on any atom is -0.336 e. The number of carbonyl (C=O) groups excluding carboxylic acids is 2. The standard InChI is InChI=1S/C10H9IN2O2/c11-8-3-1-2-7(6-8)9(14)13-5-4-12-10(13)15/h1-3,6H,4-5H2,(H,12,15). The van der Waals surface area contributed by atoms with Gasteiger partial charge < -0.3 is 5.32 Å². The summed E-state index contributed by atoms with van der Waals surface area (Å²) in [5.74, 6) is -0.233. The van der Waals surface area contributed by atoms with Crippen molar-refractivity contribution >= 4 is 34.5 Å². The molecule has 1 N–H and O–H groups in total. The highest BCUT2D eigenvalue weighted by atomic mass is 127. The van der Waals surface area contributed by atoms with E-state index < -0.39 is 0 Å². The van der Waals surface area contributed by atoms with E-state index in [0.29, 0.717) is 18.7 Å². The van der Waals surface area contributed by atoms with Crippen LogP contribution in [0.15, 0.2) is 24.3 Å². The Balaban J connectivity index is 2.24. The molecule has 15 heavy (non-hydrogen) atoms. The molecule has 2 rings (SSSR count). The molecule has 1 fully saturated rings. The Morgan fingerprint density at radius 3 is 2.87 bits per heavy atom. The molecule has 78 valence electrons. The Kier molecular flexibility index (Phi) is 2.90. The average molecular weight is 316 g/mol. The second-order valence-corrected chi connectivity index (χ2v) is 4.44. The van der Waals surface area contributed by atoms with Crippen LogP contribution >= 0.6 is 22.6 Å². The lowest BCUT2D eigenvalue weighted by Crippen LogP contribution is -2.34. The van der Waals surface area contributed by atoms with Crippen LogP contribution in [0.25, 0.3) is 0 Å². The number of amides is 3. The number of nitrogens with one attached hydrogen (secondary N) is 1. The zero-order chi connectivity index (χ0) is 10.8. The van der Waals surface area contributed by atoms with Crippen molar-refractivity contribution < 1.29 is 9.59 Å². The van der Waals surface area contributed by atoms with Gasteiger partial charge in [-0.25, -0.2) is 4.79 Å². The summed E-state index contributed by atoms with van der Waals surface area (Å²) < 4.78 is 0.984. The molecule has 1 aliphatic rings. The molecule has 0 aromatic heterocycles. The van der Waals surface area contributed by atoms with Gasteiger partial charge in [0.25, 0.3) is 5.91 Å². The van der Waals surface area contributed by atoms with Crippen LogP contribution in [0.4, 0.5) is 4.79 Å². The Morgan fingerprint density at radius 2 is 2.27 bits per heavy atom. The second kappa shape index (κ2) is 4.18. The lowest BCUT2D eigenvalue weighted by Gasteiger charge is -2.11. The molecule has 1 aliphatic heterocycles. The first-order valence-corrected chi connectivity index (χ1v) is 5.61. The summed E-state index contributed by atoms with van der Waals surface area (Å²) in [6, 6.07) is 6.90. The summed E-state index contributed by atoms with van der Waals surface area (Å²) in [7, 11) is 0. The van der Waals surface area contributed by atoms with E-state index in [1.807, 2.05) is 12.1 Å². The van der Waals surface area contributed by atoms with Crippen LogP contribution in [-0.2, 0) is 0 Å². The third kappa shape index (κ3) is 2.11. The topological polar surface area (TPSA) is 49.4 Å². The van der Waals surface area contributed by atoms with Gasteiger partial charge in [0.15, 0.2) is 0 Å². The minimum atomic E-state index is -0.307. The number of benzene rings is 1. The third-order valence-electron chi connectivity index (χ3n) is 2.17. The molecule has 1 saturated heterocycles. The summed E-state index contributed by atoms with van der Waals surface area (Å²) >= 11 is 2.14. The number of hydrogen-bond donors (Lipinski definition) is 1. The molecule has 1 heterocycles. The van der Waals surface area contributed by atoms with Crippen molar-refractivity contribution in [2.24, 2.45) is 0 Å². The number of imide groups is 1. The fraction of sp³-hybridized carbons (Fsp3) is 0.200. The van der Waals surface area contributed by atoms with Gasteiger partial charge in [-0.15, -0.1) is 0 Å². The Bertz CT molecular complexity index is 420. The molecule has 0 bridgehead atoms. The number of carbonyl (C=O) groups is 2. The van der Waals surface area contributed by atoms with E-state index in [4.69, 9.17) is 0 Å². The molecule has 4 nitrogen and oxygen atoms in total. The molecular weight excluding hydrogens is 307 g/mol. The van der Waals surface area contributed by atoms with Crippen LogP contribution < -0.4 is 5.32 Å². The number of halogens is 1. The number of rotatable bonds is 1. The van der Waals surface area contributed by atoms with Crippen LogP contribution in [0.3, 0.4) is 0 Å². The van der Waals surface area contributed by atoms with E-state index in [1.54, 1.807) is 12.1 Å². The summed E-state index contributed by atoms with van der Waals surface area (Å²) in [6.07, 6.45) is 0. The fourth-order valence-electron chi connectivity index (χ4n) is 1.44. The van der Waals surface area contributed by atoms with E-state index in [1.165, 1.54) is 4.90 Å². The Hall–Kier alpha value is -1.11. The molecule has 0 spiro atoms. The SMILES string of the molecule is O=C1NCCN1C(=O)c1cccc(I)c1. The Labute approximate surface area is 101 Å². The first-order valence-electron chi connectivity index (χ1n) is 4.54. The minimum absolute atomic E-state index is 0.233. The average Bonchev–Trinajstić information content (AvgIpc) is 2.63. The second-order valence-electron chi connectivity index (χ2n) is 3.20. The number of hydrogen-bond acceptors (Lipinski definition) is 2. The maximum Gasteiger partial charge on any atom is 0.324 e. The smallest absolute Gasteiger partial charge is 0.324 e. The zero-order valence-corrected chi connectivity index (χ0v) is 10.0. The molecule has 0 atom stereocenters. The molecular formula is C10H9IN2O2. The maximum atomic E-state index is 11.9. The van der Waals surface area contributed by atoms with E-state index in [2.05, 4.69) is 27.9 Å². The van der Waals surface area contributed by atoms with Gasteiger partial charge in [-0.2, -0.15) is 0 Å². The van der Waals surface area contributed by atoms with Gasteiger partial charge in [-0.3, -0.25) is 9.69 Å². The summed E-state index contributed by atoms with van der Waals surface area (Å²) in [5, 5.41) is 2.60. The first kappa shape index (κ1) is 10.4. The van der Waals surface area contributed by atoms with Crippen molar-refractivity contribution in [1.82, 2.24) is 10.2 Å². The van der Waals surface area contributed by atoms with E-state index in [-0.39, 0.29) is 11.9 Å². The third-order valence-corrected chi connectivity index (χ3v) is 2.84. The van der Waals surface area contributed by atoms with Crippen molar-refractivity contribution in [3.8, 4) is 0 Å². The van der Waals surface area contributed by atoms with Crippen molar-refractivity contribution in [2.45, 2.75) is 0 Å². The summed E-state index contributed by atoms with van der Waals surface area (Å²) in [6.45, 7) is 0.984. The molecule has 0 unspecified atom stereocenters. The molecule has 1 aromatic carbocycles. The number of nitrogens with zero attached hydrogens (tertiary/aromatic N) is 1. The van der Waals surface area contributed by atoms with E-state index in [0.717, 1.165) is 3.57 Å². The van der Waals surface area contributed by atoms with Crippen molar-refractivity contribution in [3.05, 3.63) is 33.4 Å². The quantitative estimate of drug-likeness (QED) is 0.798. The largest absolute Gasteiger partial charge is 0.336 e. The van der Waals surface area contributed by atoms with Gasteiger partial charge in [0.2, 0.25) is 0 Å². The Morgan fingerprint density at radius 1 is 1.47 bits per heavy atom. The highest BCUT2D eigenvalue weighted by Crippen LogP contribution is 2.11. The van der Waals surface area contributed by atoms with E-state index in [9.17, 15) is 9.59 Å². The van der Waals surface area contributed by atoms with Gasteiger partial charge in [-0.1, -0.05) is 6.07 Å². The lowest BCUT2D eigenvalue weighted by molar-refractivity contribution is 0.0829. The van der Waals surface area contributed by atoms with Crippen molar-refractivity contribution in [2.75, 3.05) is 13.1 Å². The van der Waals surface area contributed by atoms with Crippen LogP contribution in [0, 0.1) is 3.57 Å². The first-order chi connectivity index (χ1) is 7.18. The molecule has 0 radical (unpaired) electrons. The molecule has 1 aromatic rings. The molecule has 3 amide bonds. The van der Waals surface area contributed by atoms with Crippen molar-refractivity contribution in [1.29, 1.82) is 0 Å². The fourth-order valence-corrected chi connectivity index (χ4v) is 1.99. The molecule has 0 saturated carbocycles. The lowest BCUT2D eigenvalue weighted by atomic mass is 10.2. The van der Waals surface area contributed by atoms with Crippen molar-refractivity contribution in [3.63, 3.8) is 0 Å². The van der Waals surface area contributed by atoms with Gasteiger partial charge in [0, 0.05) is 22.2 Å². The highest BCUT2D eigenvalue weighted by Gasteiger charge is 2.26. The van der Waals surface area contributed by atoms with Gasteiger partial charge >= 0.3 is 6.03 Å². The summed E-state index contributed by atoms with van der Waals surface area (Å²) in [5.41, 5.74) is 0.555. The zero-order valence-electron chi connectivity index (χ0n) is 7.87. The van der Waals surface area contributed by atoms with Gasteiger partial charge in [0.05, 0.1) is 0 Å². The maximum absolute atomic E-state index is 11.9.